The maximum atomic E-state index is 12.8. The highest BCUT2D eigenvalue weighted by Gasteiger charge is 2.44. The Morgan fingerprint density at radius 1 is 0.966 bits per heavy atom. The van der Waals surface area contributed by atoms with Crippen LogP contribution in [-0.2, 0) is 12.6 Å². The number of nitrogens with one attached hydrogen (secondary N) is 1. The smallest absolute Gasteiger partial charge is 0.254 e. The van der Waals surface area contributed by atoms with Gasteiger partial charge >= 0.3 is 0 Å². The van der Waals surface area contributed by atoms with E-state index in [2.05, 4.69) is 38.7 Å². The molecule has 29 heavy (non-hydrogen) atoms. The summed E-state index contributed by atoms with van der Waals surface area (Å²) in [7, 11) is -1.49. The summed E-state index contributed by atoms with van der Waals surface area (Å²) in [5, 5.41) is 11.5. The summed E-state index contributed by atoms with van der Waals surface area (Å²) in [6, 6.07) is 18.5. The van der Waals surface area contributed by atoms with Gasteiger partial charge in [0.15, 0.2) is 5.11 Å². The largest absolute Gasteiger partial charge is 0.696 e. The van der Waals surface area contributed by atoms with Crippen molar-refractivity contribution in [3.05, 3.63) is 71.8 Å². The van der Waals surface area contributed by atoms with Gasteiger partial charge in [-0.25, -0.2) is 5.26 Å². The zero-order valence-electron chi connectivity index (χ0n) is 17.0. The van der Waals surface area contributed by atoms with Gasteiger partial charge in [0, 0.05) is 18.4 Å². The molecular formula is C22H27N2O2PS2. The van der Waals surface area contributed by atoms with Crippen molar-refractivity contribution in [1.82, 2.24) is 5.32 Å². The number of amides is 1. The van der Waals surface area contributed by atoms with Gasteiger partial charge in [-0.2, -0.15) is 0 Å². The van der Waals surface area contributed by atoms with E-state index < -0.39 is 7.26 Å². The van der Waals surface area contributed by atoms with Crippen molar-refractivity contribution >= 4 is 42.7 Å². The van der Waals surface area contributed by atoms with E-state index in [0.29, 0.717) is 11.1 Å². The van der Waals surface area contributed by atoms with Crippen LogP contribution in [0, 0.1) is 10.7 Å². The minimum Gasteiger partial charge on any atom is -0.696 e. The van der Waals surface area contributed by atoms with E-state index in [-0.39, 0.29) is 16.1 Å². The molecule has 2 aromatic rings. The van der Waals surface area contributed by atoms with Crippen molar-refractivity contribution in [2.45, 2.75) is 25.9 Å². The van der Waals surface area contributed by atoms with Crippen molar-refractivity contribution in [1.29, 1.82) is 5.26 Å². The third kappa shape index (κ3) is 7.44. The first-order chi connectivity index (χ1) is 14.0. The molecule has 0 saturated carbocycles. The Labute approximate surface area is 184 Å². The Kier molecular flexibility index (Phi) is 11.5. The van der Waals surface area contributed by atoms with Crippen LogP contribution in [-0.4, -0.2) is 34.6 Å². The van der Waals surface area contributed by atoms with Gasteiger partial charge in [0.25, 0.3) is 5.91 Å². The van der Waals surface area contributed by atoms with E-state index in [1.807, 2.05) is 48.5 Å². The second-order valence-electron chi connectivity index (χ2n) is 6.22. The predicted molar refractivity (Wildman–Crippen MR) is 128 cm³/mol. The van der Waals surface area contributed by atoms with E-state index in [1.54, 1.807) is 12.1 Å². The molecule has 0 bridgehead atoms. The molecule has 1 amide bonds. The molecule has 0 fully saturated rings. The highest BCUT2D eigenvalue weighted by atomic mass is 32.2. The summed E-state index contributed by atoms with van der Waals surface area (Å²) >= 11 is 4.98. The molecule has 2 aromatic carbocycles. The lowest BCUT2D eigenvalue weighted by Gasteiger charge is -2.32. The molecule has 154 valence electrons. The van der Waals surface area contributed by atoms with Crippen molar-refractivity contribution < 1.29 is 9.59 Å². The Morgan fingerprint density at radius 3 is 1.79 bits per heavy atom. The number of benzene rings is 2. The van der Waals surface area contributed by atoms with E-state index in [0.717, 1.165) is 18.5 Å². The highest BCUT2D eigenvalue weighted by Crippen LogP contribution is 2.64. The molecule has 7 heteroatoms. The zero-order valence-corrected chi connectivity index (χ0v) is 19.5. The number of thiocyanates is 1. The first-order valence-corrected chi connectivity index (χ1v) is 13.2. The number of thioether (sulfide) groups is 1. The summed E-state index contributed by atoms with van der Waals surface area (Å²) in [6.45, 7) is 6.53. The summed E-state index contributed by atoms with van der Waals surface area (Å²) in [6.07, 6.45) is 3.03. The molecule has 0 radical (unpaired) electrons. The Balaban J connectivity index is 0.00000132. The average molecular weight is 447 g/mol. The first kappa shape index (κ1) is 25.1. The van der Waals surface area contributed by atoms with Crippen LogP contribution in [0.1, 0.15) is 41.5 Å². The number of carbonyl (C=O) groups excluding carboxylic acids is 2. The molecule has 0 heterocycles. The van der Waals surface area contributed by atoms with Crippen LogP contribution in [0.25, 0.3) is 0 Å². The Bertz CT molecular complexity index is 745. The second kappa shape index (κ2) is 13.3. The van der Waals surface area contributed by atoms with Gasteiger partial charge in [0.2, 0.25) is 5.12 Å². The minimum atomic E-state index is -1.49. The van der Waals surface area contributed by atoms with Crippen LogP contribution in [0.2, 0.25) is 0 Å². The van der Waals surface area contributed by atoms with Crippen molar-refractivity contribution in [2.75, 3.05) is 18.5 Å². The van der Waals surface area contributed by atoms with Gasteiger partial charge in [-0.05, 0) is 44.7 Å². The summed E-state index contributed by atoms with van der Waals surface area (Å²) < 4.78 is 0. The van der Waals surface area contributed by atoms with Crippen LogP contribution in [0.3, 0.4) is 0 Å². The highest BCUT2D eigenvalue weighted by molar-refractivity contribution is 8.20. The van der Waals surface area contributed by atoms with Gasteiger partial charge in [-0.1, -0.05) is 53.9 Å². The fourth-order valence-corrected chi connectivity index (χ4v) is 8.87. The number of hydrogen-bond acceptors (Lipinski definition) is 5. The number of carbonyl (C=O) groups is 2. The van der Waals surface area contributed by atoms with Gasteiger partial charge in [0.1, 0.15) is 0 Å². The second-order valence-corrected chi connectivity index (χ2v) is 12.7. The molecule has 4 nitrogen and oxygen atoms in total. The lowest BCUT2D eigenvalue weighted by Crippen LogP contribution is -2.37. The van der Waals surface area contributed by atoms with E-state index in [9.17, 15) is 9.59 Å². The van der Waals surface area contributed by atoms with Crippen LogP contribution in [0.4, 0.5) is 0 Å². The molecule has 0 spiro atoms. The monoisotopic (exact) mass is 446 g/mol. The van der Waals surface area contributed by atoms with Gasteiger partial charge < -0.3 is 17.9 Å². The maximum absolute atomic E-state index is 12.8. The molecule has 0 aromatic heterocycles. The van der Waals surface area contributed by atoms with Crippen LogP contribution >= 0.6 is 19.0 Å². The predicted octanol–water partition coefficient (Wildman–Crippen LogP) is 5.37. The molecule has 0 saturated heterocycles. The molecular weight excluding hydrogens is 419 g/mol. The van der Waals surface area contributed by atoms with Crippen LogP contribution in [0.5, 0.6) is 0 Å². The third-order valence-electron chi connectivity index (χ3n) is 4.91. The van der Waals surface area contributed by atoms with E-state index in [1.165, 1.54) is 17.2 Å². The first-order valence-electron chi connectivity index (χ1n) is 9.46. The molecule has 2 rings (SSSR count). The lowest BCUT2D eigenvalue weighted by atomic mass is 10.2. The molecule has 0 aliphatic heterocycles. The van der Waals surface area contributed by atoms with Crippen molar-refractivity contribution in [2.24, 2.45) is 0 Å². The van der Waals surface area contributed by atoms with Crippen molar-refractivity contribution in [3.63, 3.8) is 0 Å². The fourth-order valence-electron chi connectivity index (χ4n) is 2.98. The molecule has 0 aliphatic rings. The summed E-state index contributed by atoms with van der Waals surface area (Å²) in [5.74, 6) is -0.108. The minimum absolute atomic E-state index is 0.0173. The number of nitrogens with zero attached hydrogens (tertiary/aromatic N) is 1. The number of nitriles is 1. The molecule has 1 N–H and O–H groups in total. The quantitative estimate of drug-likeness (QED) is 0.256. The molecule has 1 atom stereocenters. The van der Waals surface area contributed by atoms with Crippen LogP contribution < -0.4 is 5.32 Å². The molecule has 1 unspecified atom stereocenters. The Hall–Kier alpha value is -1.93. The fraction of sp³-hybridized carbons (Fsp3) is 0.318. The lowest BCUT2D eigenvalue weighted by molar-refractivity contribution is 0.0957. The SMILES string of the molecule is CC[P+](CC)(CC)C(NC(=O)c1ccccc1)SC(=O)c1ccccc1.N#C[S-]. The number of rotatable bonds is 8. The average Bonchev–Trinajstić information content (AvgIpc) is 2.77. The summed E-state index contributed by atoms with van der Waals surface area (Å²) in [4.78, 5) is 25.5. The standard InChI is InChI=1S/C21H26NO2PS.CHNS/c1-4-25(5-2,6-3)21(22-19(23)17-13-9-7-10-14-17)26-20(24)18-15-11-8-12-16-18;2-1-3/h7-16,21H,4-6H2,1-3H3;3H. The number of hydrogen-bond donors (Lipinski definition) is 1. The topological polar surface area (TPSA) is 70.0 Å². The van der Waals surface area contributed by atoms with Gasteiger partial charge in [0.05, 0.1) is 18.5 Å². The van der Waals surface area contributed by atoms with Gasteiger partial charge in [-0.15, -0.1) is 0 Å². The normalized spacial score (nSPS) is 11.4. The zero-order chi connectivity index (χ0) is 21.7. The van der Waals surface area contributed by atoms with E-state index in [4.69, 9.17) is 5.26 Å². The Morgan fingerprint density at radius 2 is 1.38 bits per heavy atom. The maximum Gasteiger partial charge on any atom is 0.254 e. The third-order valence-corrected chi connectivity index (χ3v) is 12.3. The summed E-state index contributed by atoms with van der Waals surface area (Å²) in [5.41, 5.74) is 1.31. The molecule has 0 aliphatic carbocycles. The van der Waals surface area contributed by atoms with Crippen molar-refractivity contribution in [3.8, 4) is 5.40 Å². The van der Waals surface area contributed by atoms with Gasteiger partial charge in [-0.3, -0.25) is 9.59 Å². The van der Waals surface area contributed by atoms with E-state index >= 15 is 0 Å². The van der Waals surface area contributed by atoms with Crippen LogP contribution in [0.15, 0.2) is 60.7 Å².